The molecule has 2 aromatic carbocycles. The number of rotatable bonds is 3. The number of ether oxygens (including phenoxy) is 1. The molecule has 0 amide bonds. The number of hydrogen-bond donors (Lipinski definition) is 0. The van der Waals surface area contributed by atoms with Crippen LogP contribution in [0.5, 0.6) is 5.75 Å². The van der Waals surface area contributed by atoms with E-state index in [-0.39, 0.29) is 5.63 Å². The Labute approximate surface area is 155 Å². The molecule has 0 saturated carbocycles. The summed E-state index contributed by atoms with van der Waals surface area (Å²) in [5, 5.41) is 2.16. The predicted octanol–water partition coefficient (Wildman–Crippen LogP) is 5.56. The van der Waals surface area contributed by atoms with E-state index in [1.807, 2.05) is 18.2 Å². The molecule has 3 aromatic rings. The minimum absolute atomic E-state index is 0.222. The van der Waals surface area contributed by atoms with Gasteiger partial charge in [0.25, 0.3) is 0 Å². The number of fused-ring (bicyclic) bond motifs is 3. The van der Waals surface area contributed by atoms with Gasteiger partial charge < -0.3 is 9.15 Å². The van der Waals surface area contributed by atoms with Crippen molar-refractivity contribution < 1.29 is 9.15 Å². The fourth-order valence-electron chi connectivity index (χ4n) is 3.32. The second kappa shape index (κ2) is 6.74. The monoisotopic (exact) mass is 374 g/mol. The summed E-state index contributed by atoms with van der Waals surface area (Å²) in [7, 11) is 0. The molecule has 0 saturated heterocycles. The summed E-state index contributed by atoms with van der Waals surface area (Å²) >= 11 is 12.1. The lowest BCUT2D eigenvalue weighted by molar-refractivity contribution is 0.306. The Bertz CT molecular complexity index is 1010. The van der Waals surface area contributed by atoms with Crippen LogP contribution in [0.4, 0.5) is 0 Å². The van der Waals surface area contributed by atoms with E-state index in [9.17, 15) is 4.79 Å². The first-order chi connectivity index (χ1) is 12.1. The van der Waals surface area contributed by atoms with Crippen LogP contribution < -0.4 is 10.4 Å². The average Bonchev–Trinajstić information content (AvgIpc) is 2.61. The molecule has 0 bridgehead atoms. The minimum atomic E-state index is -0.222. The molecule has 1 aliphatic carbocycles. The van der Waals surface area contributed by atoms with E-state index in [2.05, 4.69) is 0 Å². The van der Waals surface area contributed by atoms with Crippen LogP contribution in [0.3, 0.4) is 0 Å². The Balaban J connectivity index is 1.64. The maximum absolute atomic E-state index is 12.2. The lowest BCUT2D eigenvalue weighted by Gasteiger charge is -2.16. The van der Waals surface area contributed by atoms with Gasteiger partial charge in [-0.25, -0.2) is 4.79 Å². The molecule has 3 nitrogen and oxygen atoms in total. The van der Waals surface area contributed by atoms with Gasteiger partial charge in [0.2, 0.25) is 0 Å². The van der Waals surface area contributed by atoms with E-state index in [4.69, 9.17) is 32.4 Å². The molecule has 0 fully saturated rings. The molecule has 1 aliphatic rings. The van der Waals surface area contributed by atoms with Crippen molar-refractivity contribution in [1.82, 2.24) is 0 Å². The van der Waals surface area contributed by atoms with E-state index in [0.29, 0.717) is 28.0 Å². The largest absolute Gasteiger partial charge is 0.489 e. The molecular formula is C20H16Cl2O3. The van der Waals surface area contributed by atoms with Gasteiger partial charge in [-0.15, -0.1) is 0 Å². The Kier molecular flexibility index (Phi) is 4.45. The zero-order valence-corrected chi connectivity index (χ0v) is 15.0. The summed E-state index contributed by atoms with van der Waals surface area (Å²) < 4.78 is 11.3. The first-order valence-electron chi connectivity index (χ1n) is 8.27. The van der Waals surface area contributed by atoms with Crippen LogP contribution in [0.2, 0.25) is 10.0 Å². The second-order valence-electron chi connectivity index (χ2n) is 6.24. The highest BCUT2D eigenvalue weighted by molar-refractivity contribution is 6.35. The van der Waals surface area contributed by atoms with Gasteiger partial charge in [-0.05, 0) is 55.5 Å². The quantitative estimate of drug-likeness (QED) is 0.563. The fraction of sp³-hybridized carbons (Fsp3) is 0.250. The normalized spacial score (nSPS) is 13.7. The SMILES string of the molecule is O=c1oc2cc(OCc3ccc(Cl)cc3Cl)ccc2c2c1CCCC2. The summed E-state index contributed by atoms with van der Waals surface area (Å²) in [5.41, 5.74) is 3.16. The highest BCUT2D eigenvalue weighted by Crippen LogP contribution is 2.30. The maximum atomic E-state index is 12.2. The number of hydrogen-bond acceptors (Lipinski definition) is 3. The number of halogens is 2. The van der Waals surface area contributed by atoms with E-state index in [1.165, 1.54) is 0 Å². The van der Waals surface area contributed by atoms with Crippen LogP contribution in [0.25, 0.3) is 11.0 Å². The van der Waals surface area contributed by atoms with E-state index in [0.717, 1.165) is 47.8 Å². The van der Waals surface area contributed by atoms with Crippen LogP contribution in [0.1, 0.15) is 29.5 Å². The molecular weight excluding hydrogens is 359 g/mol. The summed E-state index contributed by atoms with van der Waals surface area (Å²) in [6.45, 7) is 0.316. The van der Waals surface area contributed by atoms with Crippen molar-refractivity contribution in [2.75, 3.05) is 0 Å². The highest BCUT2D eigenvalue weighted by Gasteiger charge is 2.18. The first kappa shape index (κ1) is 16.5. The molecule has 1 aromatic heterocycles. The number of benzene rings is 2. The molecule has 0 unspecified atom stereocenters. The van der Waals surface area contributed by atoms with Crippen molar-refractivity contribution in [1.29, 1.82) is 0 Å². The van der Waals surface area contributed by atoms with Gasteiger partial charge in [0, 0.05) is 32.6 Å². The highest BCUT2D eigenvalue weighted by atomic mass is 35.5. The van der Waals surface area contributed by atoms with Crippen molar-refractivity contribution in [3.8, 4) is 5.75 Å². The summed E-state index contributed by atoms with van der Waals surface area (Å²) in [6.07, 6.45) is 3.89. The second-order valence-corrected chi connectivity index (χ2v) is 7.08. The molecule has 0 N–H and O–H groups in total. The van der Waals surface area contributed by atoms with Gasteiger partial charge in [-0.3, -0.25) is 0 Å². The average molecular weight is 375 g/mol. The standard InChI is InChI=1S/C20H16Cl2O3/c21-13-6-5-12(18(22)9-13)11-24-14-7-8-16-15-3-1-2-4-17(15)20(23)25-19(16)10-14/h5-10H,1-4,11H2. The van der Waals surface area contributed by atoms with Crippen molar-refractivity contribution in [2.24, 2.45) is 0 Å². The van der Waals surface area contributed by atoms with E-state index < -0.39 is 0 Å². The van der Waals surface area contributed by atoms with Crippen LogP contribution in [0, 0.1) is 0 Å². The molecule has 128 valence electrons. The maximum Gasteiger partial charge on any atom is 0.339 e. The van der Waals surface area contributed by atoms with Gasteiger partial charge >= 0.3 is 5.63 Å². The van der Waals surface area contributed by atoms with Gasteiger partial charge in [-0.2, -0.15) is 0 Å². The van der Waals surface area contributed by atoms with Crippen molar-refractivity contribution in [3.05, 3.63) is 73.6 Å². The van der Waals surface area contributed by atoms with Crippen molar-refractivity contribution >= 4 is 34.2 Å². The van der Waals surface area contributed by atoms with Crippen LogP contribution >= 0.6 is 23.2 Å². The zero-order valence-electron chi connectivity index (χ0n) is 13.5. The van der Waals surface area contributed by atoms with Crippen LogP contribution in [-0.2, 0) is 19.4 Å². The van der Waals surface area contributed by atoms with Crippen LogP contribution in [0.15, 0.2) is 45.6 Å². The molecule has 5 heteroatoms. The Morgan fingerprint density at radius 1 is 1.00 bits per heavy atom. The third kappa shape index (κ3) is 3.26. The smallest absolute Gasteiger partial charge is 0.339 e. The van der Waals surface area contributed by atoms with E-state index in [1.54, 1.807) is 18.2 Å². The molecule has 0 atom stereocenters. The van der Waals surface area contributed by atoms with Gasteiger partial charge in [0.05, 0.1) is 0 Å². The van der Waals surface area contributed by atoms with E-state index >= 15 is 0 Å². The van der Waals surface area contributed by atoms with Gasteiger partial charge in [-0.1, -0.05) is 29.3 Å². The lowest BCUT2D eigenvalue weighted by Crippen LogP contribution is -2.15. The summed E-state index contributed by atoms with van der Waals surface area (Å²) in [4.78, 5) is 12.2. The number of aryl methyl sites for hydroxylation is 1. The van der Waals surface area contributed by atoms with Crippen molar-refractivity contribution in [3.63, 3.8) is 0 Å². The zero-order chi connectivity index (χ0) is 17.4. The molecule has 0 spiro atoms. The molecule has 25 heavy (non-hydrogen) atoms. The summed E-state index contributed by atoms with van der Waals surface area (Å²) in [5.74, 6) is 0.637. The Morgan fingerprint density at radius 2 is 1.80 bits per heavy atom. The predicted molar refractivity (Wildman–Crippen MR) is 99.9 cm³/mol. The lowest BCUT2D eigenvalue weighted by atomic mass is 9.91. The van der Waals surface area contributed by atoms with Gasteiger partial charge in [0.15, 0.2) is 0 Å². The molecule has 4 rings (SSSR count). The Hall–Kier alpha value is -1.97. The molecule has 0 radical (unpaired) electrons. The fourth-order valence-corrected chi connectivity index (χ4v) is 3.78. The third-order valence-electron chi connectivity index (χ3n) is 4.60. The van der Waals surface area contributed by atoms with Crippen LogP contribution in [-0.4, -0.2) is 0 Å². The minimum Gasteiger partial charge on any atom is -0.489 e. The van der Waals surface area contributed by atoms with Gasteiger partial charge in [0.1, 0.15) is 17.9 Å². The first-order valence-corrected chi connectivity index (χ1v) is 9.03. The van der Waals surface area contributed by atoms with Crippen molar-refractivity contribution in [2.45, 2.75) is 32.3 Å². The Morgan fingerprint density at radius 3 is 2.60 bits per heavy atom. The molecule has 1 heterocycles. The third-order valence-corrected chi connectivity index (χ3v) is 5.19. The molecule has 0 aliphatic heterocycles. The summed E-state index contributed by atoms with van der Waals surface area (Å²) in [6, 6.07) is 10.9. The topological polar surface area (TPSA) is 39.4 Å².